The third-order valence-electron chi connectivity index (χ3n) is 4.18. The molecule has 130 valence electrons. The standard InChI is InChI=1S/C18H25N3O3/c1-3-21(7-8-22)13-15-12-20(2)19-18(15)14-5-6-16-17(11-14)24-10-4-9-23-16/h5-6,11-12,22H,3-4,7-10,13H2,1-2H3. The lowest BCUT2D eigenvalue weighted by atomic mass is 10.1. The van der Waals surface area contributed by atoms with Crippen LogP contribution in [-0.2, 0) is 13.6 Å². The Kier molecular flexibility index (Phi) is 5.37. The Morgan fingerprint density at radius 3 is 2.79 bits per heavy atom. The molecule has 0 bridgehead atoms. The molecule has 24 heavy (non-hydrogen) atoms. The van der Waals surface area contributed by atoms with Gasteiger partial charge in [-0.05, 0) is 24.7 Å². The van der Waals surface area contributed by atoms with Crippen LogP contribution in [0.25, 0.3) is 11.3 Å². The van der Waals surface area contributed by atoms with Crippen LogP contribution in [0.1, 0.15) is 18.9 Å². The van der Waals surface area contributed by atoms with E-state index in [4.69, 9.17) is 9.47 Å². The first-order chi connectivity index (χ1) is 11.7. The molecule has 0 unspecified atom stereocenters. The highest BCUT2D eigenvalue weighted by molar-refractivity contribution is 5.66. The summed E-state index contributed by atoms with van der Waals surface area (Å²) in [5.74, 6) is 1.58. The zero-order chi connectivity index (χ0) is 16.9. The summed E-state index contributed by atoms with van der Waals surface area (Å²) in [6.07, 6.45) is 2.93. The van der Waals surface area contributed by atoms with Crippen molar-refractivity contribution in [3.05, 3.63) is 30.0 Å². The van der Waals surface area contributed by atoms with Crippen molar-refractivity contribution in [2.45, 2.75) is 19.9 Å². The molecule has 1 aromatic heterocycles. The van der Waals surface area contributed by atoms with Crippen LogP contribution in [0.2, 0.25) is 0 Å². The van der Waals surface area contributed by atoms with E-state index in [1.807, 2.05) is 36.1 Å². The first-order valence-electron chi connectivity index (χ1n) is 8.47. The number of fused-ring (bicyclic) bond motifs is 1. The van der Waals surface area contributed by atoms with Crippen LogP contribution in [-0.4, -0.2) is 52.7 Å². The molecule has 0 atom stereocenters. The molecule has 6 heteroatoms. The van der Waals surface area contributed by atoms with Gasteiger partial charge in [0.05, 0.1) is 25.5 Å². The monoisotopic (exact) mass is 331 g/mol. The number of nitrogens with zero attached hydrogens (tertiary/aromatic N) is 3. The van der Waals surface area contributed by atoms with E-state index in [-0.39, 0.29) is 6.61 Å². The summed E-state index contributed by atoms with van der Waals surface area (Å²) < 4.78 is 13.3. The molecule has 0 amide bonds. The van der Waals surface area contributed by atoms with E-state index >= 15 is 0 Å². The molecule has 6 nitrogen and oxygen atoms in total. The van der Waals surface area contributed by atoms with Crippen molar-refractivity contribution in [2.24, 2.45) is 7.05 Å². The number of rotatable bonds is 6. The molecule has 1 aliphatic rings. The van der Waals surface area contributed by atoms with E-state index < -0.39 is 0 Å². The number of hydrogen-bond donors (Lipinski definition) is 1. The van der Waals surface area contributed by atoms with Crippen LogP contribution in [0.15, 0.2) is 24.4 Å². The topological polar surface area (TPSA) is 59.8 Å². The van der Waals surface area contributed by atoms with Crippen molar-refractivity contribution in [1.82, 2.24) is 14.7 Å². The van der Waals surface area contributed by atoms with Gasteiger partial charge in [0, 0.05) is 43.9 Å². The van der Waals surface area contributed by atoms with Gasteiger partial charge in [-0.15, -0.1) is 0 Å². The molecule has 0 fully saturated rings. The minimum atomic E-state index is 0.160. The number of aryl methyl sites for hydroxylation is 1. The molecule has 1 aliphatic heterocycles. The first kappa shape index (κ1) is 16.8. The molecule has 1 aromatic carbocycles. The van der Waals surface area contributed by atoms with Crippen molar-refractivity contribution < 1.29 is 14.6 Å². The van der Waals surface area contributed by atoms with Crippen molar-refractivity contribution in [1.29, 1.82) is 0 Å². The molecule has 3 rings (SSSR count). The summed E-state index contributed by atoms with van der Waals surface area (Å²) in [7, 11) is 1.93. The van der Waals surface area contributed by atoms with Crippen LogP contribution in [0.5, 0.6) is 11.5 Å². The first-order valence-corrected chi connectivity index (χ1v) is 8.47. The maximum absolute atomic E-state index is 9.20. The highest BCUT2D eigenvalue weighted by Crippen LogP contribution is 2.35. The van der Waals surface area contributed by atoms with Gasteiger partial charge in [-0.1, -0.05) is 6.92 Å². The van der Waals surface area contributed by atoms with Crippen LogP contribution in [0, 0.1) is 0 Å². The molecular formula is C18H25N3O3. The molecule has 2 heterocycles. The molecule has 0 aliphatic carbocycles. The van der Waals surface area contributed by atoms with Crippen molar-refractivity contribution in [2.75, 3.05) is 32.9 Å². The fraction of sp³-hybridized carbons (Fsp3) is 0.500. The number of benzene rings is 1. The average Bonchev–Trinajstić information content (AvgIpc) is 2.80. The Bertz CT molecular complexity index is 684. The summed E-state index contributed by atoms with van der Waals surface area (Å²) >= 11 is 0. The fourth-order valence-electron chi connectivity index (χ4n) is 2.94. The van der Waals surface area contributed by atoms with E-state index in [9.17, 15) is 5.11 Å². The number of aromatic nitrogens is 2. The van der Waals surface area contributed by atoms with Gasteiger partial charge in [-0.25, -0.2) is 0 Å². The maximum atomic E-state index is 9.20. The van der Waals surface area contributed by atoms with Gasteiger partial charge in [0.15, 0.2) is 11.5 Å². The van der Waals surface area contributed by atoms with Crippen molar-refractivity contribution in [3.63, 3.8) is 0 Å². The number of aliphatic hydroxyl groups excluding tert-OH is 1. The second-order valence-electron chi connectivity index (χ2n) is 5.98. The van der Waals surface area contributed by atoms with Gasteiger partial charge in [0.25, 0.3) is 0 Å². The largest absolute Gasteiger partial charge is 0.490 e. The number of hydrogen-bond acceptors (Lipinski definition) is 5. The second-order valence-corrected chi connectivity index (χ2v) is 5.98. The Hall–Kier alpha value is -2.05. The predicted molar refractivity (Wildman–Crippen MR) is 92.3 cm³/mol. The highest BCUT2D eigenvalue weighted by Gasteiger charge is 2.17. The third kappa shape index (κ3) is 3.71. The van der Waals surface area contributed by atoms with Crippen LogP contribution >= 0.6 is 0 Å². The van der Waals surface area contributed by atoms with E-state index in [0.717, 1.165) is 47.8 Å². The molecular weight excluding hydrogens is 306 g/mol. The molecule has 1 N–H and O–H groups in total. The van der Waals surface area contributed by atoms with Gasteiger partial charge < -0.3 is 14.6 Å². The minimum absolute atomic E-state index is 0.160. The molecule has 0 radical (unpaired) electrons. The van der Waals surface area contributed by atoms with Crippen LogP contribution in [0.4, 0.5) is 0 Å². The van der Waals surface area contributed by atoms with E-state index in [1.165, 1.54) is 0 Å². The zero-order valence-corrected chi connectivity index (χ0v) is 14.4. The maximum Gasteiger partial charge on any atom is 0.161 e. The summed E-state index contributed by atoms with van der Waals surface area (Å²) in [6, 6.07) is 6.00. The summed E-state index contributed by atoms with van der Waals surface area (Å²) in [5.41, 5.74) is 3.11. The third-order valence-corrected chi connectivity index (χ3v) is 4.18. The zero-order valence-electron chi connectivity index (χ0n) is 14.4. The lowest BCUT2D eigenvalue weighted by Gasteiger charge is -2.19. The normalized spacial score (nSPS) is 14.0. The molecule has 0 saturated heterocycles. The summed E-state index contributed by atoms with van der Waals surface area (Å²) in [4.78, 5) is 2.20. The summed E-state index contributed by atoms with van der Waals surface area (Å²) in [5, 5.41) is 13.8. The number of ether oxygens (including phenoxy) is 2. The van der Waals surface area contributed by atoms with E-state index in [1.54, 1.807) is 0 Å². The van der Waals surface area contributed by atoms with Gasteiger partial charge in [-0.3, -0.25) is 9.58 Å². The SMILES string of the molecule is CCN(CCO)Cc1cn(C)nc1-c1ccc2c(c1)OCCCO2. The van der Waals surface area contributed by atoms with E-state index in [0.29, 0.717) is 19.8 Å². The highest BCUT2D eigenvalue weighted by atomic mass is 16.5. The van der Waals surface area contributed by atoms with E-state index in [2.05, 4.69) is 16.9 Å². The molecule has 0 saturated carbocycles. The Balaban J connectivity index is 1.90. The Morgan fingerprint density at radius 1 is 1.25 bits per heavy atom. The lowest BCUT2D eigenvalue weighted by Crippen LogP contribution is -2.26. The fourth-order valence-corrected chi connectivity index (χ4v) is 2.94. The molecule has 0 spiro atoms. The summed E-state index contributed by atoms with van der Waals surface area (Å²) in [6.45, 7) is 5.92. The Morgan fingerprint density at radius 2 is 2.04 bits per heavy atom. The predicted octanol–water partition coefficient (Wildman–Crippen LogP) is 2.06. The van der Waals surface area contributed by atoms with Gasteiger partial charge in [0.2, 0.25) is 0 Å². The average molecular weight is 331 g/mol. The molecule has 2 aromatic rings. The van der Waals surface area contributed by atoms with Gasteiger partial charge in [0.1, 0.15) is 0 Å². The van der Waals surface area contributed by atoms with Crippen LogP contribution in [0.3, 0.4) is 0 Å². The van der Waals surface area contributed by atoms with Crippen molar-refractivity contribution >= 4 is 0 Å². The number of aliphatic hydroxyl groups is 1. The van der Waals surface area contributed by atoms with Gasteiger partial charge >= 0.3 is 0 Å². The van der Waals surface area contributed by atoms with Crippen LogP contribution < -0.4 is 9.47 Å². The lowest BCUT2D eigenvalue weighted by molar-refractivity contribution is 0.197. The quantitative estimate of drug-likeness (QED) is 0.878. The number of likely N-dealkylation sites (N-methyl/N-ethyl adjacent to an activating group) is 1. The second kappa shape index (κ2) is 7.68. The van der Waals surface area contributed by atoms with Crippen molar-refractivity contribution in [3.8, 4) is 22.8 Å². The Labute approximate surface area is 142 Å². The minimum Gasteiger partial charge on any atom is -0.490 e. The van der Waals surface area contributed by atoms with Gasteiger partial charge in [-0.2, -0.15) is 5.10 Å². The smallest absolute Gasteiger partial charge is 0.161 e.